The van der Waals surface area contributed by atoms with Crippen LogP contribution in [0.3, 0.4) is 0 Å². The Morgan fingerprint density at radius 3 is 2.36 bits per heavy atom. The number of hydrogen-bond donors (Lipinski definition) is 1. The first kappa shape index (κ1) is 18.4. The van der Waals surface area contributed by atoms with E-state index in [1.54, 1.807) is 35.2 Å². The van der Waals surface area contributed by atoms with Gasteiger partial charge in [-0.25, -0.2) is 0 Å². The molecule has 1 N–H and O–H groups in total. The minimum absolute atomic E-state index is 0.109. The van der Waals surface area contributed by atoms with Gasteiger partial charge in [0.25, 0.3) is 11.8 Å². The summed E-state index contributed by atoms with van der Waals surface area (Å²) in [6.45, 7) is 7.57. The Kier molecular flexibility index (Phi) is 6.51. The van der Waals surface area contributed by atoms with Crippen LogP contribution >= 0.6 is 0 Å². The number of pyridine rings is 1. The molecule has 6 nitrogen and oxygen atoms in total. The molecule has 1 heterocycles. The van der Waals surface area contributed by atoms with Crippen molar-refractivity contribution in [3.8, 4) is 5.75 Å². The summed E-state index contributed by atoms with van der Waals surface area (Å²) >= 11 is 0. The number of nitrogens with one attached hydrogen (secondary N) is 1. The van der Waals surface area contributed by atoms with E-state index in [1.165, 1.54) is 12.3 Å². The van der Waals surface area contributed by atoms with Crippen molar-refractivity contribution in [2.75, 3.05) is 25.0 Å². The van der Waals surface area contributed by atoms with Crippen LogP contribution in [-0.2, 0) is 0 Å². The molecular weight excluding hydrogens is 318 g/mol. The van der Waals surface area contributed by atoms with Crippen molar-refractivity contribution in [1.82, 2.24) is 9.88 Å². The van der Waals surface area contributed by atoms with Gasteiger partial charge in [0.05, 0.1) is 6.61 Å². The van der Waals surface area contributed by atoms with Crippen molar-refractivity contribution in [1.29, 1.82) is 0 Å². The SMILES string of the molecule is CCOc1ccc(NC(=O)c2cc(C(=O)N(CC)CC)ccn2)cc1. The highest BCUT2D eigenvalue weighted by Crippen LogP contribution is 2.16. The number of ether oxygens (including phenoxy) is 1. The third-order valence-electron chi connectivity index (χ3n) is 3.71. The normalized spacial score (nSPS) is 10.2. The zero-order chi connectivity index (χ0) is 18.2. The molecule has 0 aliphatic rings. The molecule has 0 aliphatic carbocycles. The molecule has 25 heavy (non-hydrogen) atoms. The van der Waals surface area contributed by atoms with Crippen LogP contribution in [0.2, 0.25) is 0 Å². The molecule has 0 spiro atoms. The summed E-state index contributed by atoms with van der Waals surface area (Å²) in [5, 5.41) is 2.77. The summed E-state index contributed by atoms with van der Waals surface area (Å²) in [7, 11) is 0. The molecule has 1 aromatic heterocycles. The fourth-order valence-corrected chi connectivity index (χ4v) is 2.38. The van der Waals surface area contributed by atoms with E-state index in [0.29, 0.717) is 30.9 Å². The summed E-state index contributed by atoms with van der Waals surface area (Å²) in [5.41, 5.74) is 1.29. The van der Waals surface area contributed by atoms with Crippen LogP contribution in [0.5, 0.6) is 5.75 Å². The number of anilines is 1. The van der Waals surface area contributed by atoms with Crippen LogP contribution in [0.1, 0.15) is 41.6 Å². The van der Waals surface area contributed by atoms with E-state index in [9.17, 15) is 9.59 Å². The van der Waals surface area contributed by atoms with Gasteiger partial charge in [-0.1, -0.05) is 0 Å². The number of carbonyl (C=O) groups is 2. The van der Waals surface area contributed by atoms with Crippen molar-refractivity contribution in [2.24, 2.45) is 0 Å². The third-order valence-corrected chi connectivity index (χ3v) is 3.71. The van der Waals surface area contributed by atoms with Gasteiger partial charge in [-0.2, -0.15) is 0 Å². The van der Waals surface area contributed by atoms with Crippen LogP contribution in [0.15, 0.2) is 42.6 Å². The smallest absolute Gasteiger partial charge is 0.274 e. The number of aromatic nitrogens is 1. The van der Waals surface area contributed by atoms with Gasteiger partial charge in [-0.05, 0) is 57.2 Å². The van der Waals surface area contributed by atoms with E-state index in [2.05, 4.69) is 10.3 Å². The maximum atomic E-state index is 12.4. The highest BCUT2D eigenvalue weighted by molar-refractivity contribution is 6.04. The van der Waals surface area contributed by atoms with E-state index >= 15 is 0 Å². The van der Waals surface area contributed by atoms with Crippen molar-refractivity contribution < 1.29 is 14.3 Å². The van der Waals surface area contributed by atoms with Crippen LogP contribution in [-0.4, -0.2) is 41.4 Å². The number of hydrogen-bond acceptors (Lipinski definition) is 4. The fraction of sp³-hybridized carbons (Fsp3) is 0.316. The van der Waals surface area contributed by atoms with Gasteiger partial charge in [0, 0.05) is 30.5 Å². The minimum atomic E-state index is -0.363. The van der Waals surface area contributed by atoms with Gasteiger partial charge >= 0.3 is 0 Å². The molecular formula is C19H23N3O3. The highest BCUT2D eigenvalue weighted by atomic mass is 16.5. The molecule has 2 rings (SSSR count). The lowest BCUT2D eigenvalue weighted by molar-refractivity contribution is 0.0773. The lowest BCUT2D eigenvalue weighted by Crippen LogP contribution is -2.30. The molecule has 6 heteroatoms. The van der Waals surface area contributed by atoms with Gasteiger partial charge in [-0.3, -0.25) is 14.6 Å². The standard InChI is InChI=1S/C19H23N3O3/c1-4-22(5-2)19(24)14-11-12-20-17(13-14)18(23)21-15-7-9-16(10-8-15)25-6-3/h7-13H,4-6H2,1-3H3,(H,21,23). The number of rotatable bonds is 7. The van der Waals surface area contributed by atoms with Gasteiger partial charge in [0.1, 0.15) is 11.4 Å². The molecule has 0 aliphatic heterocycles. The molecule has 0 fully saturated rings. The van der Waals surface area contributed by atoms with Crippen molar-refractivity contribution in [3.63, 3.8) is 0 Å². The van der Waals surface area contributed by atoms with E-state index in [-0.39, 0.29) is 17.5 Å². The topological polar surface area (TPSA) is 71.5 Å². The quantitative estimate of drug-likeness (QED) is 0.839. The third kappa shape index (κ3) is 4.79. The first-order valence-electron chi connectivity index (χ1n) is 8.38. The molecule has 0 saturated carbocycles. The van der Waals surface area contributed by atoms with Crippen molar-refractivity contribution in [3.05, 3.63) is 53.9 Å². The number of carbonyl (C=O) groups excluding carboxylic acids is 2. The lowest BCUT2D eigenvalue weighted by Gasteiger charge is -2.18. The Bertz CT molecular complexity index is 725. The molecule has 1 aromatic carbocycles. The van der Waals surface area contributed by atoms with E-state index in [1.807, 2.05) is 20.8 Å². The molecule has 0 radical (unpaired) electrons. The number of amides is 2. The van der Waals surface area contributed by atoms with Crippen LogP contribution in [0, 0.1) is 0 Å². The van der Waals surface area contributed by atoms with Crippen molar-refractivity contribution >= 4 is 17.5 Å². The molecule has 2 amide bonds. The summed E-state index contributed by atoms with van der Waals surface area (Å²) < 4.78 is 5.37. The summed E-state index contributed by atoms with van der Waals surface area (Å²) in [4.78, 5) is 30.5. The zero-order valence-corrected chi connectivity index (χ0v) is 14.8. The minimum Gasteiger partial charge on any atom is -0.494 e. The zero-order valence-electron chi connectivity index (χ0n) is 14.8. The highest BCUT2D eigenvalue weighted by Gasteiger charge is 2.15. The molecule has 0 atom stereocenters. The average Bonchev–Trinajstić information content (AvgIpc) is 2.64. The summed E-state index contributed by atoms with van der Waals surface area (Å²) in [6.07, 6.45) is 1.48. The second kappa shape index (κ2) is 8.82. The maximum absolute atomic E-state index is 12.4. The molecule has 0 saturated heterocycles. The summed E-state index contributed by atoms with van der Waals surface area (Å²) in [6, 6.07) is 10.2. The van der Waals surface area contributed by atoms with Gasteiger partial charge in [0.15, 0.2) is 0 Å². The predicted molar refractivity (Wildman–Crippen MR) is 97.1 cm³/mol. The Labute approximate surface area is 147 Å². The Morgan fingerprint density at radius 1 is 1.08 bits per heavy atom. The monoisotopic (exact) mass is 341 g/mol. The molecule has 0 bridgehead atoms. The molecule has 2 aromatic rings. The average molecular weight is 341 g/mol. The second-order valence-corrected chi connectivity index (χ2v) is 5.32. The molecule has 0 unspecified atom stereocenters. The Hall–Kier alpha value is -2.89. The van der Waals surface area contributed by atoms with Gasteiger partial charge in [0.2, 0.25) is 0 Å². The first-order chi connectivity index (χ1) is 12.1. The van der Waals surface area contributed by atoms with Gasteiger partial charge in [-0.15, -0.1) is 0 Å². The number of nitrogens with zero attached hydrogens (tertiary/aromatic N) is 2. The number of benzene rings is 1. The lowest BCUT2D eigenvalue weighted by atomic mass is 10.2. The summed E-state index contributed by atoms with van der Waals surface area (Å²) in [5.74, 6) is 0.270. The van der Waals surface area contributed by atoms with Crippen molar-refractivity contribution in [2.45, 2.75) is 20.8 Å². The fourth-order valence-electron chi connectivity index (χ4n) is 2.38. The van der Waals surface area contributed by atoms with Crippen LogP contribution in [0.25, 0.3) is 0 Å². The predicted octanol–water partition coefficient (Wildman–Crippen LogP) is 3.21. The first-order valence-corrected chi connectivity index (χ1v) is 8.38. The van der Waals surface area contributed by atoms with Crippen LogP contribution in [0.4, 0.5) is 5.69 Å². The maximum Gasteiger partial charge on any atom is 0.274 e. The van der Waals surface area contributed by atoms with E-state index in [0.717, 1.165) is 5.75 Å². The van der Waals surface area contributed by atoms with E-state index < -0.39 is 0 Å². The van der Waals surface area contributed by atoms with Gasteiger partial charge < -0.3 is 15.0 Å². The van der Waals surface area contributed by atoms with Crippen LogP contribution < -0.4 is 10.1 Å². The largest absolute Gasteiger partial charge is 0.494 e. The molecule has 132 valence electrons. The van der Waals surface area contributed by atoms with E-state index in [4.69, 9.17) is 4.74 Å². The second-order valence-electron chi connectivity index (χ2n) is 5.32. The Balaban J connectivity index is 2.11. The Morgan fingerprint density at radius 2 is 1.76 bits per heavy atom.